The number of nitrogens with two attached hydrogens (primary N) is 1. The molecule has 19 heavy (non-hydrogen) atoms. The van der Waals surface area contributed by atoms with Crippen LogP contribution in [0, 0.1) is 6.92 Å². The van der Waals surface area contributed by atoms with Crippen LogP contribution >= 0.6 is 11.3 Å². The van der Waals surface area contributed by atoms with Gasteiger partial charge in [-0.2, -0.15) is 0 Å². The molecule has 0 spiro atoms. The van der Waals surface area contributed by atoms with Gasteiger partial charge in [0.15, 0.2) is 0 Å². The molecule has 0 saturated carbocycles. The monoisotopic (exact) mass is 304 g/mol. The van der Waals surface area contributed by atoms with Crippen LogP contribution in [0.1, 0.15) is 30.2 Å². The number of aryl methyl sites for hydroxylation is 1. The average molecular weight is 304 g/mol. The average Bonchev–Trinajstić information content (AvgIpc) is 2.94. The van der Waals surface area contributed by atoms with E-state index in [2.05, 4.69) is 4.72 Å². The van der Waals surface area contributed by atoms with Crippen molar-refractivity contribution in [2.75, 3.05) is 13.2 Å². The zero-order valence-corrected chi connectivity index (χ0v) is 12.9. The van der Waals surface area contributed by atoms with E-state index in [-0.39, 0.29) is 12.1 Å². The van der Waals surface area contributed by atoms with Gasteiger partial charge < -0.3 is 10.5 Å². The summed E-state index contributed by atoms with van der Waals surface area (Å²) in [5.41, 5.74) is 5.96. The molecule has 2 heterocycles. The molecule has 3 N–H and O–H groups in total. The first-order valence-corrected chi connectivity index (χ1v) is 8.65. The van der Waals surface area contributed by atoms with Crippen LogP contribution in [0.3, 0.4) is 0 Å². The van der Waals surface area contributed by atoms with Gasteiger partial charge in [-0.3, -0.25) is 0 Å². The van der Waals surface area contributed by atoms with Gasteiger partial charge >= 0.3 is 0 Å². The maximum atomic E-state index is 12.4. The zero-order valence-electron chi connectivity index (χ0n) is 11.2. The van der Waals surface area contributed by atoms with Gasteiger partial charge in [-0.25, -0.2) is 13.1 Å². The highest BCUT2D eigenvalue weighted by atomic mass is 32.2. The number of sulfonamides is 1. The quantitative estimate of drug-likeness (QED) is 0.860. The van der Waals surface area contributed by atoms with Gasteiger partial charge in [-0.05, 0) is 37.6 Å². The van der Waals surface area contributed by atoms with Crippen LogP contribution in [0.4, 0.5) is 0 Å². The molecule has 5 nitrogen and oxygen atoms in total. The predicted octanol–water partition coefficient (Wildman–Crippen LogP) is 1.36. The molecule has 0 aromatic carbocycles. The van der Waals surface area contributed by atoms with Crippen LogP contribution in [-0.2, 0) is 21.3 Å². The molecule has 1 aliphatic heterocycles. The minimum atomic E-state index is -3.52. The van der Waals surface area contributed by atoms with E-state index in [9.17, 15) is 8.42 Å². The first kappa shape index (κ1) is 14.9. The highest BCUT2D eigenvalue weighted by Crippen LogP contribution is 2.28. The summed E-state index contributed by atoms with van der Waals surface area (Å²) in [4.78, 5) is 1.03. The number of thiophene rings is 1. The number of hydrogen-bond acceptors (Lipinski definition) is 5. The second kappa shape index (κ2) is 5.49. The van der Waals surface area contributed by atoms with E-state index < -0.39 is 10.0 Å². The highest BCUT2D eigenvalue weighted by Gasteiger charge is 2.32. The molecule has 0 radical (unpaired) electrons. The standard InChI is InChI=1S/C12H20N2O3S2/c1-9-7-18-10(6-13)11(9)19(15,16)14-8-12(2)4-3-5-17-12/h7,14H,3-6,8,13H2,1-2H3. The van der Waals surface area contributed by atoms with Gasteiger partial charge in [-0.1, -0.05) is 0 Å². The molecular formula is C12H20N2O3S2. The van der Waals surface area contributed by atoms with Crippen molar-refractivity contribution in [2.24, 2.45) is 5.73 Å². The Morgan fingerprint density at radius 2 is 2.32 bits per heavy atom. The lowest BCUT2D eigenvalue weighted by atomic mass is 10.0. The molecule has 1 aromatic rings. The molecule has 1 saturated heterocycles. The molecule has 0 bridgehead atoms. The molecule has 108 valence electrons. The summed E-state index contributed by atoms with van der Waals surface area (Å²) in [5.74, 6) is 0. The van der Waals surface area contributed by atoms with Crippen molar-refractivity contribution < 1.29 is 13.2 Å². The summed E-state index contributed by atoms with van der Waals surface area (Å²) in [6.45, 7) is 4.96. The Labute approximate surface area is 118 Å². The molecular weight excluding hydrogens is 284 g/mol. The van der Waals surface area contributed by atoms with Gasteiger partial charge in [0.2, 0.25) is 10.0 Å². The normalized spacial score (nSPS) is 23.9. The Kier molecular flexibility index (Phi) is 4.32. The van der Waals surface area contributed by atoms with E-state index >= 15 is 0 Å². The smallest absolute Gasteiger partial charge is 0.242 e. The molecule has 2 rings (SSSR count). The lowest BCUT2D eigenvalue weighted by Crippen LogP contribution is -2.40. The van der Waals surface area contributed by atoms with E-state index in [1.165, 1.54) is 11.3 Å². The highest BCUT2D eigenvalue weighted by molar-refractivity contribution is 7.89. The topological polar surface area (TPSA) is 81.4 Å². The maximum absolute atomic E-state index is 12.4. The summed E-state index contributed by atoms with van der Waals surface area (Å²) in [5, 5.41) is 1.82. The summed E-state index contributed by atoms with van der Waals surface area (Å²) >= 11 is 1.38. The largest absolute Gasteiger partial charge is 0.374 e. The van der Waals surface area contributed by atoms with Crippen LogP contribution in [-0.4, -0.2) is 27.2 Å². The molecule has 1 aromatic heterocycles. The maximum Gasteiger partial charge on any atom is 0.242 e. The van der Waals surface area contributed by atoms with E-state index in [4.69, 9.17) is 10.5 Å². The predicted molar refractivity (Wildman–Crippen MR) is 75.7 cm³/mol. The lowest BCUT2D eigenvalue weighted by Gasteiger charge is -2.23. The Hall–Kier alpha value is -0.470. The summed E-state index contributed by atoms with van der Waals surface area (Å²) in [7, 11) is -3.52. The number of rotatable bonds is 5. The van der Waals surface area contributed by atoms with Crippen LogP contribution in [0.15, 0.2) is 10.3 Å². The fourth-order valence-electron chi connectivity index (χ4n) is 2.29. The minimum Gasteiger partial charge on any atom is -0.374 e. The third-order valence-electron chi connectivity index (χ3n) is 3.38. The van der Waals surface area contributed by atoms with E-state index in [1.54, 1.807) is 6.92 Å². The fourth-order valence-corrected chi connectivity index (χ4v) is 5.14. The molecule has 0 aliphatic carbocycles. The summed E-state index contributed by atoms with van der Waals surface area (Å²) in [6.07, 6.45) is 1.85. The van der Waals surface area contributed by atoms with E-state index in [0.29, 0.717) is 22.9 Å². The van der Waals surface area contributed by atoms with Gasteiger partial charge in [-0.15, -0.1) is 11.3 Å². The number of hydrogen-bond donors (Lipinski definition) is 2. The molecule has 1 unspecified atom stereocenters. The second-order valence-corrected chi connectivity index (χ2v) is 7.77. The minimum absolute atomic E-state index is 0.239. The molecule has 0 amide bonds. The van der Waals surface area contributed by atoms with Gasteiger partial charge in [0, 0.05) is 24.6 Å². The van der Waals surface area contributed by atoms with Gasteiger partial charge in [0.1, 0.15) is 4.90 Å². The second-order valence-electron chi connectivity index (χ2n) is 5.10. The third kappa shape index (κ3) is 3.17. The van der Waals surface area contributed by atoms with Crippen molar-refractivity contribution in [1.82, 2.24) is 4.72 Å². The Morgan fingerprint density at radius 3 is 2.89 bits per heavy atom. The van der Waals surface area contributed by atoms with Crippen LogP contribution in [0.25, 0.3) is 0 Å². The van der Waals surface area contributed by atoms with Gasteiger partial charge in [0.25, 0.3) is 0 Å². The molecule has 1 atom stereocenters. The first-order valence-electron chi connectivity index (χ1n) is 6.29. The Balaban J connectivity index is 2.16. The molecule has 1 aliphatic rings. The van der Waals surface area contributed by atoms with Crippen molar-refractivity contribution in [1.29, 1.82) is 0 Å². The van der Waals surface area contributed by atoms with E-state index in [0.717, 1.165) is 18.4 Å². The van der Waals surface area contributed by atoms with Crippen molar-refractivity contribution >= 4 is 21.4 Å². The van der Waals surface area contributed by atoms with E-state index in [1.807, 2.05) is 12.3 Å². The zero-order chi connectivity index (χ0) is 14.1. The van der Waals surface area contributed by atoms with Crippen molar-refractivity contribution in [3.05, 3.63) is 15.8 Å². The van der Waals surface area contributed by atoms with Crippen molar-refractivity contribution in [2.45, 2.75) is 43.7 Å². The van der Waals surface area contributed by atoms with Crippen molar-refractivity contribution in [3.8, 4) is 0 Å². The molecule has 1 fully saturated rings. The van der Waals surface area contributed by atoms with Crippen LogP contribution in [0.2, 0.25) is 0 Å². The van der Waals surface area contributed by atoms with Crippen LogP contribution < -0.4 is 10.5 Å². The fraction of sp³-hybridized carbons (Fsp3) is 0.667. The Morgan fingerprint density at radius 1 is 1.58 bits per heavy atom. The lowest BCUT2D eigenvalue weighted by molar-refractivity contribution is 0.0250. The number of nitrogens with one attached hydrogen (secondary N) is 1. The summed E-state index contributed by atoms with van der Waals surface area (Å²) in [6, 6.07) is 0. The molecule has 7 heteroatoms. The first-order chi connectivity index (χ1) is 8.88. The third-order valence-corrected chi connectivity index (χ3v) is 6.27. The van der Waals surface area contributed by atoms with Crippen molar-refractivity contribution in [3.63, 3.8) is 0 Å². The summed E-state index contributed by atoms with van der Waals surface area (Å²) < 4.78 is 33.0. The Bertz CT molecular complexity index is 545. The van der Waals surface area contributed by atoms with Crippen LogP contribution in [0.5, 0.6) is 0 Å². The SMILES string of the molecule is Cc1csc(CN)c1S(=O)(=O)NCC1(C)CCCO1. The van der Waals surface area contributed by atoms with Gasteiger partial charge in [0.05, 0.1) is 5.60 Å². The number of ether oxygens (including phenoxy) is 1.